The lowest BCUT2D eigenvalue weighted by atomic mass is 10.5. The van der Waals surface area contributed by atoms with Crippen LogP contribution in [0.4, 0.5) is 0 Å². The van der Waals surface area contributed by atoms with E-state index in [0.717, 1.165) is 0 Å². The molecule has 68 valence electrons. The molecule has 0 fully saturated rings. The summed E-state index contributed by atoms with van der Waals surface area (Å²) in [7, 11) is -3.47. The highest BCUT2D eigenvalue weighted by atomic mass is 32.2. The Morgan fingerprint density at radius 2 is 2.33 bits per heavy atom. The summed E-state index contributed by atoms with van der Waals surface area (Å²) < 4.78 is 27.2. The summed E-state index contributed by atoms with van der Waals surface area (Å²) in [5.41, 5.74) is 0. The molecule has 3 nitrogen and oxygen atoms in total. The van der Waals surface area contributed by atoms with Crippen molar-refractivity contribution in [3.05, 3.63) is 16.8 Å². The van der Waals surface area contributed by atoms with E-state index in [1.54, 1.807) is 10.8 Å². The molecule has 0 atom stereocenters. The van der Waals surface area contributed by atoms with Crippen molar-refractivity contribution in [2.45, 2.75) is 18.2 Å². The number of thiophene rings is 1. The van der Waals surface area contributed by atoms with Gasteiger partial charge in [0.2, 0.25) is 0 Å². The van der Waals surface area contributed by atoms with E-state index in [1.807, 2.05) is 6.92 Å². The van der Waals surface area contributed by atoms with Crippen LogP contribution in [0.15, 0.2) is 21.7 Å². The second kappa shape index (κ2) is 4.02. The molecule has 0 aromatic carbocycles. The van der Waals surface area contributed by atoms with Gasteiger partial charge in [0.1, 0.15) is 4.90 Å². The Morgan fingerprint density at radius 3 is 2.83 bits per heavy atom. The third-order valence-electron chi connectivity index (χ3n) is 1.23. The van der Waals surface area contributed by atoms with Crippen LogP contribution in [0, 0.1) is 0 Å². The van der Waals surface area contributed by atoms with Crippen molar-refractivity contribution in [2.24, 2.45) is 0 Å². The van der Waals surface area contributed by atoms with Crippen molar-refractivity contribution in [2.75, 3.05) is 6.61 Å². The van der Waals surface area contributed by atoms with Gasteiger partial charge in [-0.05, 0) is 17.9 Å². The molecule has 0 radical (unpaired) electrons. The van der Waals surface area contributed by atoms with Gasteiger partial charge >= 0.3 is 0 Å². The van der Waals surface area contributed by atoms with Crippen LogP contribution in [0.3, 0.4) is 0 Å². The molecule has 0 bridgehead atoms. The normalized spacial score (nSPS) is 11.8. The average molecular weight is 206 g/mol. The zero-order valence-corrected chi connectivity index (χ0v) is 8.32. The van der Waals surface area contributed by atoms with Gasteiger partial charge in [-0.3, -0.25) is 4.18 Å². The van der Waals surface area contributed by atoms with Gasteiger partial charge in [0.25, 0.3) is 10.1 Å². The molecule has 1 rings (SSSR count). The first-order chi connectivity index (χ1) is 5.67. The second-order valence-corrected chi connectivity index (χ2v) is 4.63. The lowest BCUT2D eigenvalue weighted by Crippen LogP contribution is -2.05. The molecular weight excluding hydrogens is 196 g/mol. The average Bonchev–Trinajstić information content (AvgIpc) is 2.53. The summed E-state index contributed by atoms with van der Waals surface area (Å²) in [6.45, 7) is 2.11. The molecule has 0 spiro atoms. The first-order valence-corrected chi connectivity index (χ1v) is 5.93. The molecule has 5 heteroatoms. The van der Waals surface area contributed by atoms with Gasteiger partial charge in [-0.1, -0.05) is 6.92 Å². The van der Waals surface area contributed by atoms with Crippen molar-refractivity contribution in [1.82, 2.24) is 0 Å². The molecule has 0 aliphatic heterocycles. The van der Waals surface area contributed by atoms with Gasteiger partial charge in [0, 0.05) is 5.38 Å². The quantitative estimate of drug-likeness (QED) is 0.706. The Hall–Kier alpha value is -0.390. The van der Waals surface area contributed by atoms with Crippen molar-refractivity contribution in [3.8, 4) is 0 Å². The van der Waals surface area contributed by atoms with Crippen LogP contribution < -0.4 is 0 Å². The van der Waals surface area contributed by atoms with E-state index in [4.69, 9.17) is 4.18 Å². The van der Waals surface area contributed by atoms with Crippen molar-refractivity contribution < 1.29 is 12.6 Å². The Labute approximate surface area is 76.1 Å². The summed E-state index contributed by atoms with van der Waals surface area (Å²) in [4.78, 5) is 0.251. The predicted molar refractivity (Wildman–Crippen MR) is 47.7 cm³/mol. The molecule has 0 aliphatic rings. The molecule has 0 amide bonds. The van der Waals surface area contributed by atoms with Gasteiger partial charge in [0.05, 0.1) is 6.61 Å². The number of rotatable bonds is 4. The molecular formula is C7H10O3S2. The van der Waals surface area contributed by atoms with E-state index >= 15 is 0 Å². The first kappa shape index (κ1) is 9.70. The molecule has 0 saturated carbocycles. The maximum Gasteiger partial charge on any atom is 0.297 e. The number of hydrogen-bond donors (Lipinski definition) is 0. The molecule has 1 aromatic rings. The smallest absolute Gasteiger partial charge is 0.266 e. The Balaban J connectivity index is 2.74. The SMILES string of the molecule is CCCOS(=O)(=O)c1ccsc1. The van der Waals surface area contributed by atoms with Crippen LogP contribution in [0.1, 0.15) is 13.3 Å². The minimum absolute atomic E-state index is 0.248. The lowest BCUT2D eigenvalue weighted by molar-refractivity contribution is 0.318. The summed E-state index contributed by atoms with van der Waals surface area (Å²) in [5.74, 6) is 0. The minimum Gasteiger partial charge on any atom is -0.266 e. The Bertz CT molecular complexity index is 312. The van der Waals surface area contributed by atoms with E-state index in [9.17, 15) is 8.42 Å². The van der Waals surface area contributed by atoms with Crippen LogP contribution in [-0.2, 0) is 14.3 Å². The first-order valence-electron chi connectivity index (χ1n) is 3.58. The molecule has 0 N–H and O–H groups in total. The second-order valence-electron chi connectivity index (χ2n) is 2.24. The van der Waals surface area contributed by atoms with E-state index in [2.05, 4.69) is 0 Å². The maximum atomic E-state index is 11.2. The van der Waals surface area contributed by atoms with Crippen molar-refractivity contribution in [3.63, 3.8) is 0 Å². The topological polar surface area (TPSA) is 43.4 Å². The summed E-state index contributed by atoms with van der Waals surface area (Å²) in [5, 5.41) is 3.27. The summed E-state index contributed by atoms with van der Waals surface area (Å²) in [6, 6.07) is 1.54. The van der Waals surface area contributed by atoms with Crippen molar-refractivity contribution >= 4 is 21.5 Å². The summed E-state index contributed by atoms with van der Waals surface area (Å²) >= 11 is 1.34. The molecule has 0 saturated heterocycles. The zero-order chi connectivity index (χ0) is 9.03. The van der Waals surface area contributed by atoms with Gasteiger partial charge in [0.15, 0.2) is 0 Å². The molecule has 1 aromatic heterocycles. The predicted octanol–water partition coefficient (Wildman–Crippen LogP) is 1.86. The van der Waals surface area contributed by atoms with E-state index in [1.165, 1.54) is 17.4 Å². The van der Waals surface area contributed by atoms with Crippen LogP contribution in [0.5, 0.6) is 0 Å². The van der Waals surface area contributed by atoms with Crippen molar-refractivity contribution in [1.29, 1.82) is 0 Å². The lowest BCUT2D eigenvalue weighted by Gasteiger charge is -2.00. The molecule has 1 heterocycles. The third-order valence-corrected chi connectivity index (χ3v) is 3.37. The van der Waals surface area contributed by atoms with Crippen LogP contribution in [0.2, 0.25) is 0 Å². The maximum absolute atomic E-state index is 11.2. The van der Waals surface area contributed by atoms with Crippen LogP contribution >= 0.6 is 11.3 Å². The minimum atomic E-state index is -3.47. The highest BCUT2D eigenvalue weighted by Crippen LogP contribution is 2.15. The fourth-order valence-corrected chi connectivity index (χ4v) is 2.65. The summed E-state index contributed by atoms with van der Waals surface area (Å²) in [6.07, 6.45) is 0.698. The highest BCUT2D eigenvalue weighted by Gasteiger charge is 2.13. The number of hydrogen-bond acceptors (Lipinski definition) is 4. The zero-order valence-electron chi connectivity index (χ0n) is 6.69. The third kappa shape index (κ3) is 2.30. The molecule has 12 heavy (non-hydrogen) atoms. The Kier molecular flexibility index (Phi) is 3.25. The fourth-order valence-electron chi connectivity index (χ4n) is 0.655. The van der Waals surface area contributed by atoms with E-state index < -0.39 is 10.1 Å². The van der Waals surface area contributed by atoms with Crippen LogP contribution in [-0.4, -0.2) is 15.0 Å². The van der Waals surface area contributed by atoms with Gasteiger partial charge in [-0.25, -0.2) is 0 Å². The molecule has 0 unspecified atom stereocenters. The molecule has 0 aliphatic carbocycles. The largest absolute Gasteiger partial charge is 0.297 e. The standard InChI is InChI=1S/C7H10O3S2/c1-2-4-10-12(8,9)7-3-5-11-6-7/h3,5-6H,2,4H2,1H3. The van der Waals surface area contributed by atoms with Crippen LogP contribution in [0.25, 0.3) is 0 Å². The van der Waals surface area contributed by atoms with E-state index in [-0.39, 0.29) is 11.5 Å². The Morgan fingerprint density at radius 1 is 1.58 bits per heavy atom. The highest BCUT2D eigenvalue weighted by molar-refractivity contribution is 7.86. The fraction of sp³-hybridized carbons (Fsp3) is 0.429. The van der Waals surface area contributed by atoms with E-state index in [0.29, 0.717) is 6.42 Å². The van der Waals surface area contributed by atoms with Gasteiger partial charge < -0.3 is 0 Å². The van der Waals surface area contributed by atoms with Gasteiger partial charge in [-0.2, -0.15) is 19.8 Å². The monoisotopic (exact) mass is 206 g/mol. The van der Waals surface area contributed by atoms with Gasteiger partial charge in [-0.15, -0.1) is 0 Å².